The summed E-state index contributed by atoms with van der Waals surface area (Å²) in [6.07, 6.45) is 0. The van der Waals surface area contributed by atoms with Gasteiger partial charge in [-0.25, -0.2) is 0 Å². The molecule has 0 unspecified atom stereocenters. The Hall–Kier alpha value is -2.98. The van der Waals surface area contributed by atoms with Gasteiger partial charge in [0, 0.05) is 10.6 Å². The Labute approximate surface area is 145 Å². The first-order valence-electron chi connectivity index (χ1n) is 7.43. The molecule has 0 saturated heterocycles. The van der Waals surface area contributed by atoms with Crippen molar-refractivity contribution in [1.82, 2.24) is 0 Å². The molecule has 24 heavy (non-hydrogen) atoms. The molecule has 0 amide bonds. The van der Waals surface area contributed by atoms with Gasteiger partial charge in [-0.2, -0.15) is 5.10 Å². The molecule has 0 aliphatic carbocycles. The van der Waals surface area contributed by atoms with Crippen molar-refractivity contribution in [2.45, 2.75) is 0 Å². The van der Waals surface area contributed by atoms with Gasteiger partial charge in [0.25, 0.3) is 0 Å². The summed E-state index contributed by atoms with van der Waals surface area (Å²) < 4.78 is 0. The molecule has 0 aliphatic heterocycles. The number of rotatable bonds is 4. The van der Waals surface area contributed by atoms with Crippen LogP contribution in [-0.2, 0) is 0 Å². The zero-order chi connectivity index (χ0) is 16.6. The molecule has 1 N–H and O–H groups in total. The zero-order valence-electron chi connectivity index (χ0n) is 12.8. The predicted octanol–water partition coefficient (Wildman–Crippen LogP) is 5.90. The van der Waals surface area contributed by atoms with Crippen LogP contribution in [0.4, 0.5) is 11.4 Å². The van der Waals surface area contributed by atoms with Crippen LogP contribution < -0.4 is 5.43 Å². The first-order chi connectivity index (χ1) is 11.8. The monoisotopic (exact) mass is 334 g/mol. The lowest BCUT2D eigenvalue weighted by atomic mass is 10.2. The van der Waals surface area contributed by atoms with Crippen LogP contribution in [0.25, 0.3) is 0 Å². The normalized spacial score (nSPS) is 11.6. The van der Waals surface area contributed by atoms with Crippen molar-refractivity contribution >= 4 is 28.8 Å². The van der Waals surface area contributed by atoms with Crippen molar-refractivity contribution in [3.63, 3.8) is 0 Å². The average molecular weight is 335 g/mol. The molecule has 3 aromatic carbocycles. The molecule has 0 spiro atoms. The molecule has 3 aromatic rings. The largest absolute Gasteiger partial charge is 0.276 e. The second-order valence-electron chi connectivity index (χ2n) is 4.96. The average Bonchev–Trinajstić information content (AvgIpc) is 2.63. The fourth-order valence-electron chi connectivity index (χ4n) is 2.00. The van der Waals surface area contributed by atoms with Crippen molar-refractivity contribution in [3.05, 3.63) is 95.5 Å². The van der Waals surface area contributed by atoms with Crippen molar-refractivity contribution in [2.24, 2.45) is 15.3 Å². The highest BCUT2D eigenvalue weighted by Crippen LogP contribution is 2.16. The second-order valence-corrected chi connectivity index (χ2v) is 5.40. The van der Waals surface area contributed by atoms with E-state index in [1.807, 2.05) is 78.9 Å². The Kier molecular flexibility index (Phi) is 5.32. The van der Waals surface area contributed by atoms with E-state index in [4.69, 9.17) is 11.6 Å². The molecule has 0 radical (unpaired) electrons. The maximum absolute atomic E-state index is 6.08. The minimum absolute atomic E-state index is 0.449. The lowest BCUT2D eigenvalue weighted by molar-refractivity contribution is 1.22. The van der Waals surface area contributed by atoms with E-state index in [1.54, 1.807) is 6.07 Å². The second kappa shape index (κ2) is 8.04. The van der Waals surface area contributed by atoms with Crippen LogP contribution in [0.2, 0.25) is 5.02 Å². The van der Waals surface area contributed by atoms with Gasteiger partial charge in [0.15, 0.2) is 0 Å². The summed E-state index contributed by atoms with van der Waals surface area (Å²) >= 11 is 6.08. The molecule has 0 saturated carbocycles. The predicted molar refractivity (Wildman–Crippen MR) is 99.0 cm³/mol. The van der Waals surface area contributed by atoms with Crippen molar-refractivity contribution in [2.75, 3.05) is 5.43 Å². The van der Waals surface area contributed by atoms with Gasteiger partial charge in [-0.15, -0.1) is 10.2 Å². The fraction of sp³-hybridized carbons (Fsp3) is 0. The molecule has 0 fully saturated rings. The number of hydrogen-bond donors (Lipinski definition) is 1. The molecule has 5 heteroatoms. The summed E-state index contributed by atoms with van der Waals surface area (Å²) in [5, 5.41) is 13.5. The lowest BCUT2D eigenvalue weighted by Crippen LogP contribution is -2.01. The van der Waals surface area contributed by atoms with E-state index < -0.39 is 0 Å². The topological polar surface area (TPSA) is 49.1 Å². The molecule has 3 rings (SSSR count). The third-order valence-electron chi connectivity index (χ3n) is 3.16. The van der Waals surface area contributed by atoms with Crippen LogP contribution in [0.15, 0.2) is 100 Å². The van der Waals surface area contributed by atoms with Gasteiger partial charge in [0.05, 0.1) is 11.4 Å². The van der Waals surface area contributed by atoms with Crippen LogP contribution in [0.5, 0.6) is 0 Å². The molecule has 118 valence electrons. The van der Waals surface area contributed by atoms with Gasteiger partial charge in [-0.05, 0) is 36.4 Å². The SMILES string of the molecule is Clc1cccc(/C(N=Nc2ccccc2)=N\Nc2ccccc2)c1. The van der Waals surface area contributed by atoms with Gasteiger partial charge >= 0.3 is 0 Å². The van der Waals surface area contributed by atoms with E-state index in [0.29, 0.717) is 10.9 Å². The Morgan fingerprint density at radius 2 is 1.50 bits per heavy atom. The molecule has 0 atom stereocenters. The maximum Gasteiger partial charge on any atom is 0.201 e. The summed E-state index contributed by atoms with van der Waals surface area (Å²) in [4.78, 5) is 0. The van der Waals surface area contributed by atoms with Crippen LogP contribution >= 0.6 is 11.6 Å². The van der Waals surface area contributed by atoms with E-state index in [1.165, 1.54) is 0 Å². The fourth-order valence-corrected chi connectivity index (χ4v) is 2.19. The van der Waals surface area contributed by atoms with Gasteiger partial charge < -0.3 is 0 Å². The van der Waals surface area contributed by atoms with Gasteiger partial charge in [-0.3, -0.25) is 5.43 Å². The molecule has 0 aliphatic rings. The standard InChI is InChI=1S/C19H15ClN4/c20-16-9-7-8-15(14-16)19(23-21-17-10-3-1-4-11-17)24-22-18-12-5-2-6-13-18/h1-14,21H/b23-19+,24-22?. The number of halogens is 1. The number of hydrazone groups is 1. The van der Waals surface area contributed by atoms with Crippen LogP contribution in [-0.4, -0.2) is 5.84 Å². The molecular formula is C19H15ClN4. The van der Waals surface area contributed by atoms with Crippen LogP contribution in [0.1, 0.15) is 5.56 Å². The van der Waals surface area contributed by atoms with Gasteiger partial charge in [0.2, 0.25) is 5.84 Å². The maximum atomic E-state index is 6.08. The highest BCUT2D eigenvalue weighted by atomic mass is 35.5. The number of nitrogens with zero attached hydrogens (tertiary/aromatic N) is 3. The van der Waals surface area contributed by atoms with Crippen molar-refractivity contribution in [1.29, 1.82) is 0 Å². The first kappa shape index (κ1) is 15.9. The number of benzene rings is 3. The van der Waals surface area contributed by atoms with Gasteiger partial charge in [0.1, 0.15) is 0 Å². The number of anilines is 1. The Bertz CT molecular complexity index is 846. The van der Waals surface area contributed by atoms with Gasteiger partial charge in [-0.1, -0.05) is 60.1 Å². The molecule has 0 heterocycles. The number of para-hydroxylation sites is 1. The van der Waals surface area contributed by atoms with E-state index in [9.17, 15) is 0 Å². The van der Waals surface area contributed by atoms with Crippen LogP contribution in [0, 0.1) is 0 Å². The van der Waals surface area contributed by atoms with E-state index in [2.05, 4.69) is 20.8 Å². The minimum Gasteiger partial charge on any atom is -0.276 e. The third-order valence-corrected chi connectivity index (χ3v) is 3.40. The van der Waals surface area contributed by atoms with Crippen molar-refractivity contribution < 1.29 is 0 Å². The number of amidine groups is 1. The van der Waals surface area contributed by atoms with E-state index in [0.717, 1.165) is 16.9 Å². The first-order valence-corrected chi connectivity index (χ1v) is 7.80. The lowest BCUT2D eigenvalue weighted by Gasteiger charge is -2.03. The Balaban J connectivity index is 1.90. The highest BCUT2D eigenvalue weighted by Gasteiger charge is 2.04. The molecule has 0 bridgehead atoms. The summed E-state index contributed by atoms with van der Waals surface area (Å²) in [6, 6.07) is 26.5. The van der Waals surface area contributed by atoms with E-state index in [-0.39, 0.29) is 0 Å². The minimum atomic E-state index is 0.449. The smallest absolute Gasteiger partial charge is 0.201 e. The number of azo groups is 1. The number of hydrogen-bond acceptors (Lipinski definition) is 3. The summed E-state index contributed by atoms with van der Waals surface area (Å²) in [6.45, 7) is 0. The Morgan fingerprint density at radius 3 is 2.21 bits per heavy atom. The zero-order valence-corrected chi connectivity index (χ0v) is 13.6. The quantitative estimate of drug-likeness (QED) is 0.274. The summed E-state index contributed by atoms with van der Waals surface area (Å²) in [5.41, 5.74) is 5.40. The Morgan fingerprint density at radius 1 is 0.792 bits per heavy atom. The van der Waals surface area contributed by atoms with Crippen molar-refractivity contribution in [3.8, 4) is 0 Å². The third kappa shape index (κ3) is 4.51. The molecular weight excluding hydrogens is 320 g/mol. The summed E-state index contributed by atoms with van der Waals surface area (Å²) in [5.74, 6) is 0.449. The summed E-state index contributed by atoms with van der Waals surface area (Å²) in [7, 11) is 0. The number of nitrogens with one attached hydrogen (secondary N) is 1. The van der Waals surface area contributed by atoms with E-state index >= 15 is 0 Å². The highest BCUT2D eigenvalue weighted by molar-refractivity contribution is 6.31. The molecule has 0 aromatic heterocycles. The van der Waals surface area contributed by atoms with Crippen LogP contribution in [0.3, 0.4) is 0 Å². The molecule has 4 nitrogen and oxygen atoms in total.